The summed E-state index contributed by atoms with van der Waals surface area (Å²) in [4.78, 5) is 19.7. The minimum atomic E-state index is -0.380. The minimum absolute atomic E-state index is 0.178. The van der Waals surface area contributed by atoms with Gasteiger partial charge < -0.3 is 19.7 Å². The van der Waals surface area contributed by atoms with Gasteiger partial charge in [-0.1, -0.05) is 0 Å². The van der Waals surface area contributed by atoms with Gasteiger partial charge in [0.05, 0.1) is 33.0 Å². The Morgan fingerprint density at radius 2 is 2.19 bits per heavy atom. The molecule has 3 heterocycles. The first-order chi connectivity index (χ1) is 10.3. The summed E-state index contributed by atoms with van der Waals surface area (Å²) in [6.07, 6.45) is 1.56. The highest BCUT2D eigenvalue weighted by atomic mass is 16.7. The highest BCUT2D eigenvalue weighted by molar-refractivity contribution is 5.76. The maximum absolute atomic E-state index is 12.4. The molecule has 7 nitrogen and oxygen atoms in total. The lowest BCUT2D eigenvalue weighted by molar-refractivity contribution is -0.161. The molecular formula is C14H25N3O4. The molecule has 3 saturated heterocycles. The van der Waals surface area contributed by atoms with Crippen LogP contribution in [0, 0.1) is 0 Å². The Morgan fingerprint density at radius 1 is 1.24 bits per heavy atom. The van der Waals surface area contributed by atoms with Crippen LogP contribution in [0.4, 0.5) is 0 Å². The predicted octanol–water partition coefficient (Wildman–Crippen LogP) is -0.769. The lowest BCUT2D eigenvalue weighted by Gasteiger charge is -2.42. The lowest BCUT2D eigenvalue weighted by Crippen LogP contribution is -2.59. The van der Waals surface area contributed by atoms with Gasteiger partial charge in [0.15, 0.2) is 0 Å². The molecule has 0 radical (unpaired) electrons. The van der Waals surface area contributed by atoms with Crippen LogP contribution in [0.25, 0.3) is 0 Å². The fourth-order valence-electron chi connectivity index (χ4n) is 3.08. The van der Waals surface area contributed by atoms with E-state index in [2.05, 4.69) is 5.32 Å². The zero-order valence-corrected chi connectivity index (χ0v) is 12.5. The summed E-state index contributed by atoms with van der Waals surface area (Å²) in [5, 5.41) is 5.22. The van der Waals surface area contributed by atoms with Crippen molar-refractivity contribution in [2.24, 2.45) is 0 Å². The summed E-state index contributed by atoms with van der Waals surface area (Å²) in [5.74, 6) is 0.178. The van der Waals surface area contributed by atoms with Crippen LogP contribution in [0.5, 0.6) is 0 Å². The third-order valence-corrected chi connectivity index (χ3v) is 4.24. The van der Waals surface area contributed by atoms with Gasteiger partial charge in [-0.2, -0.15) is 5.06 Å². The van der Waals surface area contributed by atoms with Gasteiger partial charge in [0, 0.05) is 39.1 Å². The molecule has 0 aromatic rings. The van der Waals surface area contributed by atoms with Crippen molar-refractivity contribution in [3.05, 3.63) is 0 Å². The van der Waals surface area contributed by atoms with Crippen molar-refractivity contribution in [1.29, 1.82) is 0 Å². The van der Waals surface area contributed by atoms with E-state index in [1.807, 2.05) is 9.96 Å². The van der Waals surface area contributed by atoms with Crippen molar-refractivity contribution in [3.63, 3.8) is 0 Å². The summed E-state index contributed by atoms with van der Waals surface area (Å²) in [7, 11) is 0. The Balaban J connectivity index is 1.50. The SMILES string of the molecule is O=C(CCN1CCCO1)N1CCO[C@@]2(CNCCOC2)C1. The van der Waals surface area contributed by atoms with Crippen LogP contribution in [0.15, 0.2) is 0 Å². The van der Waals surface area contributed by atoms with E-state index >= 15 is 0 Å². The summed E-state index contributed by atoms with van der Waals surface area (Å²) < 4.78 is 11.5. The van der Waals surface area contributed by atoms with Crippen LogP contribution in [0.3, 0.4) is 0 Å². The van der Waals surface area contributed by atoms with E-state index in [1.54, 1.807) is 0 Å². The molecule has 0 bridgehead atoms. The van der Waals surface area contributed by atoms with Gasteiger partial charge in [0.25, 0.3) is 0 Å². The average molecular weight is 299 g/mol. The topological polar surface area (TPSA) is 63.3 Å². The van der Waals surface area contributed by atoms with Gasteiger partial charge in [0.1, 0.15) is 5.60 Å². The van der Waals surface area contributed by atoms with E-state index in [1.165, 1.54) is 0 Å². The summed E-state index contributed by atoms with van der Waals surface area (Å²) in [5.41, 5.74) is -0.380. The molecule has 0 unspecified atom stereocenters. The summed E-state index contributed by atoms with van der Waals surface area (Å²) >= 11 is 0. The van der Waals surface area contributed by atoms with Gasteiger partial charge in [-0.15, -0.1) is 0 Å². The highest BCUT2D eigenvalue weighted by Crippen LogP contribution is 2.20. The monoisotopic (exact) mass is 299 g/mol. The molecule has 1 N–H and O–H groups in total. The van der Waals surface area contributed by atoms with Gasteiger partial charge >= 0.3 is 0 Å². The molecule has 21 heavy (non-hydrogen) atoms. The molecule has 3 fully saturated rings. The van der Waals surface area contributed by atoms with E-state index in [9.17, 15) is 4.79 Å². The Bertz CT molecular complexity index is 352. The maximum atomic E-state index is 12.4. The van der Waals surface area contributed by atoms with Crippen LogP contribution < -0.4 is 5.32 Å². The zero-order valence-electron chi connectivity index (χ0n) is 12.5. The Morgan fingerprint density at radius 3 is 3.05 bits per heavy atom. The molecule has 1 amide bonds. The van der Waals surface area contributed by atoms with Crippen LogP contribution in [0.1, 0.15) is 12.8 Å². The smallest absolute Gasteiger partial charge is 0.224 e. The molecule has 0 saturated carbocycles. The predicted molar refractivity (Wildman–Crippen MR) is 75.7 cm³/mol. The number of carbonyl (C=O) groups is 1. The van der Waals surface area contributed by atoms with E-state index in [0.717, 1.165) is 32.7 Å². The van der Waals surface area contributed by atoms with Crippen LogP contribution in [0.2, 0.25) is 0 Å². The van der Waals surface area contributed by atoms with Crippen molar-refractivity contribution in [2.45, 2.75) is 18.4 Å². The highest BCUT2D eigenvalue weighted by Gasteiger charge is 2.39. The van der Waals surface area contributed by atoms with Gasteiger partial charge in [0.2, 0.25) is 5.91 Å². The van der Waals surface area contributed by atoms with Crippen molar-refractivity contribution in [1.82, 2.24) is 15.3 Å². The molecule has 120 valence electrons. The molecule has 3 aliphatic rings. The average Bonchev–Trinajstić information content (AvgIpc) is 2.93. The largest absolute Gasteiger partial charge is 0.377 e. The molecule has 0 aromatic carbocycles. The number of morpholine rings is 1. The van der Waals surface area contributed by atoms with Crippen molar-refractivity contribution >= 4 is 5.91 Å². The maximum Gasteiger partial charge on any atom is 0.224 e. The van der Waals surface area contributed by atoms with E-state index in [0.29, 0.717) is 45.9 Å². The standard InChI is InChI=1S/C14H25N3O4/c18-13(2-5-17-4-1-7-21-17)16-6-9-20-14(11-16)10-15-3-8-19-12-14/h15H,1-12H2/t14-/m0/s1. The zero-order chi connectivity index (χ0) is 14.5. The molecule has 0 aliphatic carbocycles. The molecule has 0 aromatic heterocycles. The number of nitrogens with one attached hydrogen (secondary N) is 1. The van der Waals surface area contributed by atoms with Crippen LogP contribution in [-0.4, -0.2) is 87.2 Å². The summed E-state index contributed by atoms with van der Waals surface area (Å²) in [6.45, 7) is 7.08. The first-order valence-corrected chi connectivity index (χ1v) is 7.86. The normalized spacial score (nSPS) is 31.5. The lowest BCUT2D eigenvalue weighted by atomic mass is 10.0. The molecule has 1 spiro atoms. The number of amides is 1. The second kappa shape index (κ2) is 7.02. The molecular weight excluding hydrogens is 274 g/mol. The van der Waals surface area contributed by atoms with E-state index in [-0.39, 0.29) is 11.5 Å². The number of rotatable bonds is 3. The second-order valence-electron chi connectivity index (χ2n) is 5.94. The number of nitrogens with zero attached hydrogens (tertiary/aromatic N) is 2. The summed E-state index contributed by atoms with van der Waals surface area (Å²) in [6, 6.07) is 0. The fourth-order valence-corrected chi connectivity index (χ4v) is 3.08. The van der Waals surface area contributed by atoms with Gasteiger partial charge in [-0.3, -0.25) is 9.63 Å². The second-order valence-corrected chi connectivity index (χ2v) is 5.94. The number of hydroxylamine groups is 2. The Kier molecular flexibility index (Phi) is 5.07. The number of carbonyl (C=O) groups excluding carboxylic acids is 1. The van der Waals surface area contributed by atoms with Crippen molar-refractivity contribution in [2.75, 3.05) is 65.7 Å². The molecule has 7 heteroatoms. The fraction of sp³-hybridized carbons (Fsp3) is 0.929. The van der Waals surface area contributed by atoms with E-state index < -0.39 is 0 Å². The first-order valence-electron chi connectivity index (χ1n) is 7.86. The van der Waals surface area contributed by atoms with Crippen molar-refractivity contribution in [3.8, 4) is 0 Å². The molecule has 1 atom stereocenters. The van der Waals surface area contributed by atoms with Crippen molar-refractivity contribution < 1.29 is 19.1 Å². The van der Waals surface area contributed by atoms with Gasteiger partial charge in [-0.05, 0) is 6.42 Å². The van der Waals surface area contributed by atoms with Gasteiger partial charge in [-0.25, -0.2) is 0 Å². The third-order valence-electron chi connectivity index (χ3n) is 4.24. The molecule has 3 aliphatic heterocycles. The third kappa shape index (κ3) is 3.92. The number of hydrogen-bond acceptors (Lipinski definition) is 6. The minimum Gasteiger partial charge on any atom is -0.377 e. The van der Waals surface area contributed by atoms with Crippen LogP contribution in [-0.2, 0) is 19.1 Å². The number of ether oxygens (including phenoxy) is 2. The quantitative estimate of drug-likeness (QED) is 0.738. The molecule has 3 rings (SSSR count). The number of hydrogen-bond donors (Lipinski definition) is 1. The Hall–Kier alpha value is -0.730. The Labute approximate surface area is 125 Å². The first kappa shape index (κ1) is 15.2. The van der Waals surface area contributed by atoms with E-state index in [4.69, 9.17) is 14.3 Å². The van der Waals surface area contributed by atoms with Crippen LogP contribution >= 0.6 is 0 Å².